The van der Waals surface area contributed by atoms with Gasteiger partial charge in [0.05, 0.1) is 7.11 Å². The van der Waals surface area contributed by atoms with Gasteiger partial charge in [-0.05, 0) is 58.8 Å². The zero-order valence-electron chi connectivity index (χ0n) is 20.3. The van der Waals surface area contributed by atoms with Crippen molar-refractivity contribution in [1.82, 2.24) is 4.57 Å². The molecule has 0 atom stereocenters. The molecule has 2 fully saturated rings. The number of hydrogen-bond acceptors (Lipinski definition) is 2. The fourth-order valence-corrected chi connectivity index (χ4v) is 5.15. The number of carbonyl (C=O) groups is 1. The molecule has 0 bridgehead atoms. The van der Waals surface area contributed by atoms with Crippen molar-refractivity contribution in [3.05, 3.63) is 46.8 Å². The zero-order chi connectivity index (χ0) is 22.4. The fourth-order valence-electron chi connectivity index (χ4n) is 5.15. The van der Waals surface area contributed by atoms with Crippen molar-refractivity contribution in [2.75, 3.05) is 7.11 Å². The topological polar surface area (TPSA) is 31.2 Å². The Morgan fingerprint density at radius 1 is 1.10 bits per heavy atom. The number of nitrogens with zero attached hydrogens (tertiary/aromatic N) is 1. The van der Waals surface area contributed by atoms with Crippen LogP contribution < -0.4 is 0 Å². The van der Waals surface area contributed by atoms with Gasteiger partial charge in [0.2, 0.25) is 0 Å². The van der Waals surface area contributed by atoms with Crippen molar-refractivity contribution < 1.29 is 9.53 Å². The van der Waals surface area contributed by atoms with Gasteiger partial charge in [-0.15, -0.1) is 0 Å². The first-order chi connectivity index (χ1) is 14.6. The lowest BCUT2D eigenvalue weighted by atomic mass is 9.81. The van der Waals surface area contributed by atoms with E-state index in [0.29, 0.717) is 17.0 Å². The molecule has 0 N–H and O–H groups in total. The van der Waals surface area contributed by atoms with Crippen LogP contribution in [0.2, 0.25) is 0 Å². The van der Waals surface area contributed by atoms with Crippen LogP contribution in [0.15, 0.2) is 24.3 Å². The highest BCUT2D eigenvalue weighted by molar-refractivity contribution is 5.90. The third-order valence-electron chi connectivity index (χ3n) is 7.77. The Balaban J connectivity index is 1.85. The average Bonchev–Trinajstić information content (AvgIpc) is 3.42. The van der Waals surface area contributed by atoms with Crippen LogP contribution >= 0.6 is 0 Å². The molecule has 0 unspecified atom stereocenters. The molecule has 1 aromatic heterocycles. The molecule has 0 aliphatic heterocycles. The normalized spacial score (nSPS) is 18.8. The predicted molar refractivity (Wildman–Crippen MR) is 128 cm³/mol. The first-order valence-electron chi connectivity index (χ1n) is 12.1. The third-order valence-corrected chi connectivity index (χ3v) is 7.77. The molecule has 2 saturated carbocycles. The van der Waals surface area contributed by atoms with Crippen LogP contribution in [0.5, 0.6) is 0 Å². The standard InChI is InChI=1S/C28H39NO2/c1-27(2,3)21-15-20(16-22(17-21)28(4)12-13-28)23-18-25(26(30)31-6)29(5)24(23)14-19-10-8-7-9-11-19/h15-19H,7-14H2,1-6H3. The third kappa shape index (κ3) is 4.47. The average molecular weight is 422 g/mol. The molecule has 1 heterocycles. The van der Waals surface area contributed by atoms with Crippen molar-refractivity contribution in [2.45, 2.75) is 89.9 Å². The molecule has 2 aromatic rings. The molecular formula is C28H39NO2. The summed E-state index contributed by atoms with van der Waals surface area (Å²) in [6.45, 7) is 9.25. The molecule has 0 saturated heterocycles. The van der Waals surface area contributed by atoms with Crippen LogP contribution in [0.4, 0.5) is 0 Å². The summed E-state index contributed by atoms with van der Waals surface area (Å²) >= 11 is 0. The van der Waals surface area contributed by atoms with Crippen LogP contribution in [0.3, 0.4) is 0 Å². The van der Waals surface area contributed by atoms with Gasteiger partial charge in [0.15, 0.2) is 0 Å². The highest BCUT2D eigenvalue weighted by Crippen LogP contribution is 2.49. The number of methoxy groups -OCH3 is 1. The van der Waals surface area contributed by atoms with Crippen molar-refractivity contribution in [3.8, 4) is 11.1 Å². The van der Waals surface area contributed by atoms with Gasteiger partial charge in [-0.3, -0.25) is 0 Å². The molecule has 0 spiro atoms. The number of aromatic nitrogens is 1. The van der Waals surface area contributed by atoms with Crippen LogP contribution in [-0.2, 0) is 29.0 Å². The molecule has 2 aliphatic rings. The Bertz CT molecular complexity index is 942. The number of carbonyl (C=O) groups excluding carboxylic acids is 1. The largest absolute Gasteiger partial charge is 0.464 e. The van der Waals surface area contributed by atoms with E-state index in [-0.39, 0.29) is 11.4 Å². The van der Waals surface area contributed by atoms with Gasteiger partial charge in [0.1, 0.15) is 5.69 Å². The maximum absolute atomic E-state index is 12.5. The second kappa shape index (κ2) is 8.15. The monoisotopic (exact) mass is 421 g/mol. The maximum atomic E-state index is 12.5. The second-order valence-corrected chi connectivity index (χ2v) is 11.3. The van der Waals surface area contributed by atoms with Crippen molar-refractivity contribution >= 4 is 5.97 Å². The number of rotatable bonds is 5. The Hall–Kier alpha value is -2.03. The Kier molecular flexibility index (Phi) is 5.83. The quantitative estimate of drug-likeness (QED) is 0.489. The van der Waals surface area contributed by atoms with Crippen LogP contribution in [-0.4, -0.2) is 17.6 Å². The predicted octanol–water partition coefficient (Wildman–Crippen LogP) is 6.95. The van der Waals surface area contributed by atoms with Crippen LogP contribution in [0.25, 0.3) is 11.1 Å². The number of benzene rings is 1. The van der Waals surface area contributed by atoms with Gasteiger partial charge in [-0.2, -0.15) is 0 Å². The summed E-state index contributed by atoms with van der Waals surface area (Å²) in [6.07, 6.45) is 10.2. The molecule has 0 amide bonds. The second-order valence-electron chi connectivity index (χ2n) is 11.3. The van der Waals surface area contributed by atoms with Gasteiger partial charge in [-0.1, -0.05) is 78.0 Å². The lowest BCUT2D eigenvalue weighted by Gasteiger charge is -2.25. The smallest absolute Gasteiger partial charge is 0.354 e. The summed E-state index contributed by atoms with van der Waals surface area (Å²) in [4.78, 5) is 12.5. The minimum absolute atomic E-state index is 0.0828. The summed E-state index contributed by atoms with van der Waals surface area (Å²) in [7, 11) is 3.51. The summed E-state index contributed by atoms with van der Waals surface area (Å²) < 4.78 is 7.21. The Labute approximate surface area is 188 Å². The number of hydrogen-bond donors (Lipinski definition) is 0. The van der Waals surface area contributed by atoms with E-state index in [9.17, 15) is 4.79 Å². The van der Waals surface area contributed by atoms with Gasteiger partial charge in [0.25, 0.3) is 0 Å². The Morgan fingerprint density at radius 3 is 2.35 bits per heavy atom. The summed E-state index contributed by atoms with van der Waals surface area (Å²) in [6, 6.07) is 9.24. The minimum atomic E-state index is -0.250. The molecule has 3 heteroatoms. The summed E-state index contributed by atoms with van der Waals surface area (Å²) in [5.41, 5.74) is 7.62. The lowest BCUT2D eigenvalue weighted by Crippen LogP contribution is -2.15. The summed E-state index contributed by atoms with van der Waals surface area (Å²) in [5.74, 6) is 0.456. The van der Waals surface area contributed by atoms with E-state index in [1.165, 1.54) is 80.0 Å². The van der Waals surface area contributed by atoms with E-state index in [1.807, 2.05) is 7.05 Å². The van der Waals surface area contributed by atoms with E-state index in [4.69, 9.17) is 4.74 Å². The maximum Gasteiger partial charge on any atom is 0.354 e. The van der Waals surface area contributed by atoms with Gasteiger partial charge in [0, 0.05) is 18.3 Å². The first-order valence-corrected chi connectivity index (χ1v) is 12.1. The molecule has 31 heavy (non-hydrogen) atoms. The molecule has 1 aromatic carbocycles. The van der Waals surface area contributed by atoms with Crippen LogP contribution in [0.1, 0.15) is 99.9 Å². The van der Waals surface area contributed by atoms with Crippen molar-refractivity contribution in [3.63, 3.8) is 0 Å². The zero-order valence-corrected chi connectivity index (χ0v) is 20.3. The van der Waals surface area contributed by atoms with Crippen LogP contribution in [0, 0.1) is 5.92 Å². The molecular weight excluding hydrogens is 382 g/mol. The highest BCUT2D eigenvalue weighted by Gasteiger charge is 2.40. The number of ether oxygens (including phenoxy) is 1. The molecule has 3 nitrogen and oxygen atoms in total. The fraction of sp³-hybridized carbons (Fsp3) is 0.607. The van der Waals surface area contributed by atoms with E-state index < -0.39 is 0 Å². The van der Waals surface area contributed by atoms with E-state index in [2.05, 4.69) is 56.5 Å². The van der Waals surface area contributed by atoms with E-state index >= 15 is 0 Å². The SMILES string of the molecule is COC(=O)c1cc(-c2cc(C(C)(C)C)cc(C3(C)CC3)c2)c(CC2CCCCC2)n1C. The first kappa shape index (κ1) is 22.2. The minimum Gasteiger partial charge on any atom is -0.464 e. The molecule has 2 aliphatic carbocycles. The van der Waals surface area contributed by atoms with Gasteiger partial charge < -0.3 is 9.30 Å². The number of esters is 1. The van der Waals surface area contributed by atoms with Crippen molar-refractivity contribution in [1.29, 1.82) is 0 Å². The summed E-state index contributed by atoms with van der Waals surface area (Å²) in [5, 5.41) is 0. The van der Waals surface area contributed by atoms with Gasteiger partial charge in [-0.25, -0.2) is 4.79 Å². The molecule has 0 radical (unpaired) electrons. The van der Waals surface area contributed by atoms with Crippen molar-refractivity contribution in [2.24, 2.45) is 13.0 Å². The van der Waals surface area contributed by atoms with E-state index in [1.54, 1.807) is 0 Å². The Morgan fingerprint density at radius 2 is 1.77 bits per heavy atom. The van der Waals surface area contributed by atoms with E-state index in [0.717, 1.165) is 6.42 Å². The molecule has 4 rings (SSSR count). The lowest BCUT2D eigenvalue weighted by molar-refractivity contribution is 0.0589. The van der Waals surface area contributed by atoms with Gasteiger partial charge >= 0.3 is 5.97 Å². The highest BCUT2D eigenvalue weighted by atomic mass is 16.5. The molecule has 168 valence electrons.